The first kappa shape index (κ1) is 44.8. The molecule has 0 radical (unpaired) electrons. The standard InChI is InChI=1S/3C8H18O3.H3O4P/c3*1-2-3-5-10-7-8-11-6-4-9;1-5(2,3)4/h3*9H,2-8H2,1H3;(H3,1,2,3,4). The molecule has 0 aliphatic rings. The normalized spacial score (nSPS) is 10.6. The van der Waals surface area contributed by atoms with Crippen LogP contribution in [0.5, 0.6) is 0 Å². The molecule has 0 heterocycles. The van der Waals surface area contributed by atoms with E-state index in [0.29, 0.717) is 59.5 Å². The van der Waals surface area contributed by atoms with E-state index in [0.717, 1.165) is 58.3 Å². The van der Waals surface area contributed by atoms with Crippen molar-refractivity contribution in [3.63, 3.8) is 0 Å². The smallest absolute Gasteiger partial charge is 0.394 e. The Hall–Kier alpha value is -0.250. The molecule has 0 fully saturated rings. The third kappa shape index (κ3) is 76.5. The van der Waals surface area contributed by atoms with E-state index in [1.165, 1.54) is 0 Å². The Bertz CT molecular complexity index is 340. The first-order valence-electron chi connectivity index (χ1n) is 13.3. The molecule has 0 unspecified atom stereocenters. The molecule has 0 saturated heterocycles. The van der Waals surface area contributed by atoms with Crippen LogP contribution in [-0.2, 0) is 33.0 Å². The molecule has 0 aliphatic heterocycles. The minimum atomic E-state index is -4.64. The van der Waals surface area contributed by atoms with Gasteiger partial charge in [-0.15, -0.1) is 0 Å². The maximum atomic E-state index is 8.88. The molecule has 0 rings (SSSR count). The lowest BCUT2D eigenvalue weighted by atomic mass is 10.4. The quantitative estimate of drug-likeness (QED) is 0.0707. The van der Waals surface area contributed by atoms with Gasteiger partial charge in [0.25, 0.3) is 0 Å². The fourth-order valence-corrected chi connectivity index (χ4v) is 1.90. The first-order chi connectivity index (χ1) is 18.2. The van der Waals surface area contributed by atoms with Gasteiger partial charge in [-0.25, -0.2) is 4.57 Å². The van der Waals surface area contributed by atoms with E-state index in [4.69, 9.17) is 63.0 Å². The highest BCUT2D eigenvalue weighted by atomic mass is 31.2. The van der Waals surface area contributed by atoms with Crippen LogP contribution in [0.1, 0.15) is 59.3 Å². The molecule has 236 valence electrons. The van der Waals surface area contributed by atoms with Crippen molar-refractivity contribution in [1.82, 2.24) is 0 Å². The van der Waals surface area contributed by atoms with Crippen molar-refractivity contribution in [1.29, 1.82) is 0 Å². The zero-order chi connectivity index (χ0) is 29.6. The van der Waals surface area contributed by atoms with E-state index in [1.54, 1.807) is 0 Å². The van der Waals surface area contributed by atoms with Crippen LogP contribution in [0.2, 0.25) is 0 Å². The van der Waals surface area contributed by atoms with Gasteiger partial charge < -0.3 is 58.4 Å². The van der Waals surface area contributed by atoms with Gasteiger partial charge in [-0.3, -0.25) is 0 Å². The van der Waals surface area contributed by atoms with Gasteiger partial charge in [-0.2, -0.15) is 0 Å². The number of aliphatic hydroxyl groups excluding tert-OH is 3. The Kier molecular flexibility index (Phi) is 51.6. The fraction of sp³-hybridized carbons (Fsp3) is 1.00. The lowest BCUT2D eigenvalue weighted by molar-refractivity contribution is 0.0324. The maximum absolute atomic E-state index is 8.88. The summed E-state index contributed by atoms with van der Waals surface area (Å²) in [5.41, 5.74) is 0. The molecule has 13 nitrogen and oxygen atoms in total. The Morgan fingerprint density at radius 1 is 0.421 bits per heavy atom. The van der Waals surface area contributed by atoms with Crippen molar-refractivity contribution in [3.05, 3.63) is 0 Å². The maximum Gasteiger partial charge on any atom is 0.466 e. The van der Waals surface area contributed by atoms with Crippen LogP contribution in [0.4, 0.5) is 0 Å². The van der Waals surface area contributed by atoms with Crippen LogP contribution in [0.25, 0.3) is 0 Å². The number of ether oxygens (including phenoxy) is 6. The van der Waals surface area contributed by atoms with Gasteiger partial charge in [-0.05, 0) is 19.3 Å². The van der Waals surface area contributed by atoms with E-state index in [-0.39, 0.29) is 19.8 Å². The highest BCUT2D eigenvalue weighted by Crippen LogP contribution is 2.25. The Balaban J connectivity index is -0.000000209. The number of hydrogen-bond donors (Lipinski definition) is 6. The second-order valence-electron chi connectivity index (χ2n) is 7.42. The van der Waals surface area contributed by atoms with E-state index in [2.05, 4.69) is 20.8 Å². The minimum Gasteiger partial charge on any atom is -0.394 e. The summed E-state index contributed by atoms with van der Waals surface area (Å²) < 4.78 is 39.5. The Labute approximate surface area is 229 Å². The van der Waals surface area contributed by atoms with E-state index >= 15 is 0 Å². The molecular formula is C24H57O13P. The summed E-state index contributed by atoms with van der Waals surface area (Å²) in [6.45, 7) is 14.0. The van der Waals surface area contributed by atoms with Crippen LogP contribution in [0.15, 0.2) is 0 Å². The summed E-state index contributed by atoms with van der Waals surface area (Å²) in [5, 5.41) is 25.0. The van der Waals surface area contributed by atoms with Gasteiger partial charge in [0.15, 0.2) is 0 Å². The predicted octanol–water partition coefficient (Wildman–Crippen LogP) is 1.51. The Morgan fingerprint density at radius 3 is 0.763 bits per heavy atom. The molecule has 0 bridgehead atoms. The number of rotatable bonds is 24. The van der Waals surface area contributed by atoms with Crippen LogP contribution in [0, 0.1) is 0 Å². The van der Waals surface area contributed by atoms with Gasteiger partial charge in [0.05, 0.1) is 79.3 Å². The minimum absolute atomic E-state index is 0.0922. The van der Waals surface area contributed by atoms with Gasteiger partial charge in [-0.1, -0.05) is 40.0 Å². The second kappa shape index (κ2) is 43.8. The van der Waals surface area contributed by atoms with Gasteiger partial charge in [0, 0.05) is 19.8 Å². The van der Waals surface area contributed by atoms with Crippen LogP contribution < -0.4 is 0 Å². The summed E-state index contributed by atoms with van der Waals surface area (Å²) in [4.78, 5) is 21.6. The molecule has 0 aromatic rings. The summed E-state index contributed by atoms with van der Waals surface area (Å²) in [7, 11) is -4.64. The number of unbranched alkanes of at least 4 members (excludes halogenated alkanes) is 3. The van der Waals surface area contributed by atoms with Crippen LogP contribution >= 0.6 is 7.82 Å². The molecule has 0 amide bonds. The van der Waals surface area contributed by atoms with Crippen molar-refractivity contribution in [2.45, 2.75) is 59.3 Å². The molecule has 0 aromatic heterocycles. The average molecular weight is 585 g/mol. The SMILES string of the molecule is CCCCOCCOCCO.CCCCOCCOCCO.CCCCOCCOCCO.O=P(O)(O)O. The summed E-state index contributed by atoms with van der Waals surface area (Å²) in [5.74, 6) is 0. The van der Waals surface area contributed by atoms with Crippen molar-refractivity contribution >= 4 is 7.82 Å². The van der Waals surface area contributed by atoms with Crippen molar-refractivity contribution in [2.75, 3.05) is 99.1 Å². The lowest BCUT2D eigenvalue weighted by Crippen LogP contribution is -2.07. The first-order valence-corrected chi connectivity index (χ1v) is 14.9. The largest absolute Gasteiger partial charge is 0.466 e. The molecule has 14 heteroatoms. The van der Waals surface area contributed by atoms with E-state index in [9.17, 15) is 0 Å². The van der Waals surface area contributed by atoms with Gasteiger partial charge in [0.1, 0.15) is 0 Å². The molecule has 0 spiro atoms. The zero-order valence-electron chi connectivity index (χ0n) is 23.8. The number of phosphoric acid groups is 1. The highest BCUT2D eigenvalue weighted by molar-refractivity contribution is 7.45. The van der Waals surface area contributed by atoms with E-state index in [1.807, 2.05) is 0 Å². The zero-order valence-corrected chi connectivity index (χ0v) is 24.7. The molecule has 0 aliphatic carbocycles. The van der Waals surface area contributed by atoms with Crippen LogP contribution in [-0.4, -0.2) is 129 Å². The van der Waals surface area contributed by atoms with Crippen molar-refractivity contribution in [3.8, 4) is 0 Å². The second-order valence-corrected chi connectivity index (χ2v) is 8.45. The molecule has 38 heavy (non-hydrogen) atoms. The third-order valence-corrected chi connectivity index (χ3v) is 3.75. The summed E-state index contributed by atoms with van der Waals surface area (Å²) >= 11 is 0. The fourth-order valence-electron chi connectivity index (χ4n) is 1.90. The van der Waals surface area contributed by atoms with Crippen molar-refractivity contribution in [2.24, 2.45) is 0 Å². The number of aliphatic hydroxyl groups is 3. The molecule has 0 aromatic carbocycles. The Morgan fingerprint density at radius 2 is 0.605 bits per heavy atom. The van der Waals surface area contributed by atoms with E-state index < -0.39 is 7.82 Å². The third-order valence-electron chi connectivity index (χ3n) is 3.75. The summed E-state index contributed by atoms with van der Waals surface area (Å²) in [6.07, 6.45) is 6.83. The molecular weight excluding hydrogens is 527 g/mol. The summed E-state index contributed by atoms with van der Waals surface area (Å²) in [6, 6.07) is 0. The number of hydrogen-bond acceptors (Lipinski definition) is 10. The van der Waals surface area contributed by atoms with Crippen LogP contribution in [0.3, 0.4) is 0 Å². The lowest BCUT2D eigenvalue weighted by Gasteiger charge is -2.02. The molecule has 6 N–H and O–H groups in total. The molecule has 0 saturated carbocycles. The van der Waals surface area contributed by atoms with Gasteiger partial charge in [0.2, 0.25) is 0 Å². The molecule has 0 atom stereocenters. The average Bonchev–Trinajstić information content (AvgIpc) is 2.87. The van der Waals surface area contributed by atoms with Crippen molar-refractivity contribution < 1.29 is 63.0 Å². The predicted molar refractivity (Wildman–Crippen MR) is 145 cm³/mol. The topological polar surface area (TPSA) is 194 Å². The highest BCUT2D eigenvalue weighted by Gasteiger charge is 2.00. The van der Waals surface area contributed by atoms with Gasteiger partial charge >= 0.3 is 7.82 Å². The monoisotopic (exact) mass is 584 g/mol.